The van der Waals surface area contributed by atoms with E-state index in [1.807, 2.05) is 59.6 Å². The fraction of sp³-hybridized carbons (Fsp3) is 0.400. The molecule has 1 N–H and O–H groups in total. The summed E-state index contributed by atoms with van der Waals surface area (Å²) in [4.78, 5) is 27.7. The number of rotatable bonds is 6. The fourth-order valence-electron chi connectivity index (χ4n) is 3.53. The van der Waals surface area contributed by atoms with E-state index in [4.69, 9.17) is 0 Å². The summed E-state index contributed by atoms with van der Waals surface area (Å²) in [6.45, 7) is 0.476. The second-order valence-electron chi connectivity index (χ2n) is 6.50. The Labute approximate surface area is 158 Å². The molecular formula is C20H25N3O2S. The third-order valence-corrected chi connectivity index (χ3v) is 5.59. The summed E-state index contributed by atoms with van der Waals surface area (Å²) in [5, 5.41) is 2.72. The normalized spacial score (nSPS) is 17.5. The average Bonchev–Trinajstić information content (AvgIpc) is 3.21. The quantitative estimate of drug-likeness (QED) is 0.849. The highest BCUT2D eigenvalue weighted by atomic mass is 32.2. The van der Waals surface area contributed by atoms with Crippen LogP contribution in [0.5, 0.6) is 0 Å². The molecule has 1 aliphatic rings. The van der Waals surface area contributed by atoms with Crippen LogP contribution in [-0.2, 0) is 22.6 Å². The molecule has 2 heterocycles. The van der Waals surface area contributed by atoms with E-state index in [-0.39, 0.29) is 17.9 Å². The summed E-state index contributed by atoms with van der Waals surface area (Å²) in [6, 6.07) is 11.2. The molecule has 5 nitrogen and oxygen atoms in total. The van der Waals surface area contributed by atoms with Crippen molar-refractivity contribution in [3.05, 3.63) is 59.9 Å². The zero-order valence-electron chi connectivity index (χ0n) is 15.2. The molecule has 2 amide bonds. The fourth-order valence-corrected chi connectivity index (χ4v) is 3.99. The number of carbonyl (C=O) groups excluding carboxylic acids is 2. The number of nitrogens with zero attached hydrogens (tertiary/aromatic N) is 2. The number of nitrogens with one attached hydrogen (secondary N) is 1. The molecule has 0 aliphatic carbocycles. The van der Waals surface area contributed by atoms with E-state index in [0.29, 0.717) is 13.0 Å². The van der Waals surface area contributed by atoms with E-state index in [2.05, 4.69) is 5.32 Å². The van der Waals surface area contributed by atoms with Gasteiger partial charge in [-0.25, -0.2) is 0 Å². The van der Waals surface area contributed by atoms with Crippen LogP contribution in [0.25, 0.3) is 0 Å². The first kappa shape index (κ1) is 18.6. The third kappa shape index (κ3) is 3.80. The van der Waals surface area contributed by atoms with Crippen molar-refractivity contribution in [2.75, 3.05) is 19.1 Å². The number of carbonyl (C=O) groups is 2. The number of hydrogen-bond acceptors (Lipinski definition) is 3. The van der Waals surface area contributed by atoms with Crippen molar-refractivity contribution < 1.29 is 9.59 Å². The van der Waals surface area contributed by atoms with Crippen LogP contribution in [0.15, 0.2) is 48.8 Å². The van der Waals surface area contributed by atoms with Crippen LogP contribution in [0.1, 0.15) is 23.6 Å². The monoisotopic (exact) mass is 371 g/mol. The highest BCUT2D eigenvalue weighted by molar-refractivity contribution is 7.98. The van der Waals surface area contributed by atoms with Gasteiger partial charge in [0.25, 0.3) is 0 Å². The molecule has 26 heavy (non-hydrogen) atoms. The van der Waals surface area contributed by atoms with Crippen LogP contribution in [0.3, 0.4) is 0 Å². The Hall–Kier alpha value is -2.21. The predicted molar refractivity (Wildman–Crippen MR) is 105 cm³/mol. The van der Waals surface area contributed by atoms with E-state index >= 15 is 0 Å². The Kier molecular flexibility index (Phi) is 6.04. The lowest BCUT2D eigenvalue weighted by Gasteiger charge is -2.38. The molecule has 138 valence electrons. The molecule has 0 unspecified atom stereocenters. The summed E-state index contributed by atoms with van der Waals surface area (Å²) in [7, 11) is 1.63. The number of benzene rings is 1. The molecule has 0 saturated carbocycles. The van der Waals surface area contributed by atoms with Crippen molar-refractivity contribution in [3.63, 3.8) is 0 Å². The molecule has 3 rings (SSSR count). The van der Waals surface area contributed by atoms with Crippen LogP contribution < -0.4 is 5.32 Å². The van der Waals surface area contributed by atoms with Crippen molar-refractivity contribution in [3.8, 4) is 0 Å². The molecule has 0 fully saturated rings. The number of thioether (sulfide) groups is 1. The minimum atomic E-state index is -0.463. The first-order valence-electron chi connectivity index (χ1n) is 8.86. The molecule has 0 spiro atoms. The lowest BCUT2D eigenvalue weighted by atomic mass is 9.92. The van der Waals surface area contributed by atoms with E-state index in [9.17, 15) is 9.59 Å². The lowest BCUT2D eigenvalue weighted by Crippen LogP contribution is -2.53. The standard InChI is InChI=1S/C20H25N3O2S/c1-21-19(24)18-13-15-7-3-4-8-16(15)14-23(18)20(25)17(9-12-26-2)22-10-5-6-11-22/h3-8,10-11,17-18H,9,12-14H2,1-2H3,(H,21,24)/t17-,18+/m1/s1. The molecule has 0 saturated heterocycles. The first-order valence-corrected chi connectivity index (χ1v) is 10.2. The maximum Gasteiger partial charge on any atom is 0.246 e. The Morgan fingerprint density at radius 3 is 2.54 bits per heavy atom. The number of aromatic nitrogens is 1. The van der Waals surface area contributed by atoms with Gasteiger partial charge in [-0.3, -0.25) is 9.59 Å². The summed E-state index contributed by atoms with van der Waals surface area (Å²) in [5.41, 5.74) is 2.27. The SMILES string of the molecule is CNC(=O)[C@@H]1Cc2ccccc2CN1C(=O)[C@@H](CCSC)n1cccc1. The van der Waals surface area contributed by atoms with Crippen molar-refractivity contribution in [2.45, 2.75) is 31.5 Å². The van der Waals surface area contributed by atoms with E-state index in [1.54, 1.807) is 23.7 Å². The molecule has 1 aliphatic heterocycles. The summed E-state index contributed by atoms with van der Waals surface area (Å²) in [5.74, 6) is 0.797. The van der Waals surface area contributed by atoms with Gasteiger partial charge in [0.15, 0.2) is 0 Å². The Morgan fingerprint density at radius 2 is 1.88 bits per heavy atom. The molecule has 1 aromatic carbocycles. The number of amides is 2. The number of fused-ring (bicyclic) bond motifs is 1. The largest absolute Gasteiger partial charge is 0.357 e. The second-order valence-corrected chi connectivity index (χ2v) is 7.48. The summed E-state index contributed by atoms with van der Waals surface area (Å²) in [6.07, 6.45) is 7.20. The Morgan fingerprint density at radius 1 is 1.19 bits per heavy atom. The minimum Gasteiger partial charge on any atom is -0.357 e. The van der Waals surface area contributed by atoms with Crippen LogP contribution in [0.2, 0.25) is 0 Å². The molecule has 2 aromatic rings. The van der Waals surface area contributed by atoms with Gasteiger partial charge < -0.3 is 14.8 Å². The van der Waals surface area contributed by atoms with Gasteiger partial charge in [-0.1, -0.05) is 24.3 Å². The maximum absolute atomic E-state index is 13.5. The molecule has 0 bridgehead atoms. The molecular weight excluding hydrogens is 346 g/mol. The topological polar surface area (TPSA) is 54.3 Å². The minimum absolute atomic E-state index is 0.0124. The Bertz CT molecular complexity index is 760. The predicted octanol–water partition coefficient (Wildman–Crippen LogP) is 2.48. The van der Waals surface area contributed by atoms with Gasteiger partial charge in [-0.2, -0.15) is 11.8 Å². The summed E-state index contributed by atoms with van der Waals surface area (Å²) >= 11 is 1.73. The van der Waals surface area contributed by atoms with Gasteiger partial charge in [0.1, 0.15) is 12.1 Å². The van der Waals surface area contributed by atoms with Gasteiger partial charge in [0.05, 0.1) is 0 Å². The lowest BCUT2D eigenvalue weighted by molar-refractivity contribution is -0.144. The molecule has 6 heteroatoms. The molecule has 1 aromatic heterocycles. The van der Waals surface area contributed by atoms with Gasteiger partial charge in [-0.05, 0) is 41.7 Å². The first-order chi connectivity index (χ1) is 12.7. The van der Waals surface area contributed by atoms with Crippen molar-refractivity contribution in [2.24, 2.45) is 0 Å². The Balaban J connectivity index is 1.92. The van der Waals surface area contributed by atoms with Crippen molar-refractivity contribution >= 4 is 23.6 Å². The van der Waals surface area contributed by atoms with Crippen LogP contribution in [0, 0.1) is 0 Å². The van der Waals surface area contributed by atoms with Gasteiger partial charge in [-0.15, -0.1) is 0 Å². The van der Waals surface area contributed by atoms with E-state index in [1.165, 1.54) is 0 Å². The zero-order valence-corrected chi connectivity index (χ0v) is 16.0. The summed E-state index contributed by atoms with van der Waals surface area (Å²) < 4.78 is 1.96. The maximum atomic E-state index is 13.5. The van der Waals surface area contributed by atoms with Crippen molar-refractivity contribution in [1.29, 1.82) is 0 Å². The van der Waals surface area contributed by atoms with Gasteiger partial charge >= 0.3 is 0 Å². The number of hydrogen-bond donors (Lipinski definition) is 1. The average molecular weight is 372 g/mol. The molecule has 2 atom stereocenters. The van der Waals surface area contributed by atoms with Crippen LogP contribution in [0.4, 0.5) is 0 Å². The highest BCUT2D eigenvalue weighted by Gasteiger charge is 2.37. The number of likely N-dealkylation sites (N-methyl/N-ethyl adjacent to an activating group) is 1. The smallest absolute Gasteiger partial charge is 0.246 e. The zero-order chi connectivity index (χ0) is 18.5. The van der Waals surface area contributed by atoms with Gasteiger partial charge in [0.2, 0.25) is 11.8 Å². The van der Waals surface area contributed by atoms with E-state index in [0.717, 1.165) is 23.3 Å². The van der Waals surface area contributed by atoms with Crippen LogP contribution >= 0.6 is 11.8 Å². The third-order valence-electron chi connectivity index (χ3n) is 4.95. The van der Waals surface area contributed by atoms with Crippen molar-refractivity contribution in [1.82, 2.24) is 14.8 Å². The molecule has 0 radical (unpaired) electrons. The highest BCUT2D eigenvalue weighted by Crippen LogP contribution is 2.27. The van der Waals surface area contributed by atoms with Crippen LogP contribution in [-0.4, -0.2) is 46.4 Å². The van der Waals surface area contributed by atoms with Gasteiger partial charge in [0, 0.05) is 32.4 Å². The van der Waals surface area contributed by atoms with E-state index < -0.39 is 6.04 Å². The second kappa shape index (κ2) is 8.45.